The number of hydrogen-bond acceptors (Lipinski definition) is 2. The molecular weight excluding hydrogens is 290 g/mol. The van der Waals surface area contributed by atoms with E-state index in [-0.39, 0.29) is 11.2 Å². The van der Waals surface area contributed by atoms with Crippen LogP contribution in [-0.2, 0) is 0 Å². The number of carbonyl (C=O) groups excluding carboxylic acids is 1. The number of halogens is 1. The topological polar surface area (TPSA) is 20.3 Å². The lowest BCUT2D eigenvalue weighted by atomic mass is 9.87. The fraction of sp³-hybridized carbons (Fsp3) is 0.533. The molecule has 0 spiro atoms. The minimum absolute atomic E-state index is 0.154. The minimum Gasteiger partial charge on any atom is -0.296 e. The average Bonchev–Trinajstić information content (AvgIpc) is 2.27. The summed E-state index contributed by atoms with van der Waals surface area (Å²) >= 11 is 3.42. The second kappa shape index (κ2) is 5.98. The van der Waals surface area contributed by atoms with E-state index >= 15 is 0 Å². The van der Waals surface area contributed by atoms with Gasteiger partial charge in [-0.15, -0.1) is 0 Å². The van der Waals surface area contributed by atoms with Gasteiger partial charge in [0, 0.05) is 16.1 Å². The zero-order chi connectivity index (χ0) is 13.9. The van der Waals surface area contributed by atoms with Crippen LogP contribution in [0, 0.1) is 5.41 Å². The van der Waals surface area contributed by atoms with Gasteiger partial charge in [-0.05, 0) is 25.5 Å². The highest BCUT2D eigenvalue weighted by Crippen LogP contribution is 2.23. The van der Waals surface area contributed by atoms with Crippen molar-refractivity contribution in [2.45, 2.75) is 33.7 Å². The molecule has 0 aliphatic rings. The van der Waals surface area contributed by atoms with E-state index in [4.69, 9.17) is 0 Å². The Morgan fingerprint density at radius 2 is 1.89 bits per heavy atom. The lowest BCUT2D eigenvalue weighted by Gasteiger charge is -2.35. The molecule has 0 fully saturated rings. The number of rotatable bonds is 4. The molecule has 0 bridgehead atoms. The van der Waals surface area contributed by atoms with E-state index in [9.17, 15) is 4.79 Å². The maximum atomic E-state index is 12.2. The van der Waals surface area contributed by atoms with Crippen molar-refractivity contribution in [3.05, 3.63) is 34.3 Å². The number of benzene rings is 1. The zero-order valence-corrected chi connectivity index (χ0v) is 13.4. The van der Waals surface area contributed by atoms with Gasteiger partial charge in [-0.2, -0.15) is 0 Å². The maximum absolute atomic E-state index is 12.2. The molecule has 0 saturated heterocycles. The van der Waals surface area contributed by atoms with Gasteiger partial charge in [-0.3, -0.25) is 9.69 Å². The monoisotopic (exact) mass is 311 g/mol. The van der Waals surface area contributed by atoms with Crippen LogP contribution in [-0.4, -0.2) is 30.3 Å². The summed E-state index contributed by atoms with van der Waals surface area (Å²) in [6.07, 6.45) is 0. The van der Waals surface area contributed by atoms with Gasteiger partial charge in [-0.1, -0.05) is 54.9 Å². The molecule has 1 unspecified atom stereocenters. The Bertz CT molecular complexity index is 423. The van der Waals surface area contributed by atoms with Crippen LogP contribution in [0.25, 0.3) is 0 Å². The maximum Gasteiger partial charge on any atom is 0.177 e. The summed E-state index contributed by atoms with van der Waals surface area (Å²) in [7, 11) is 2.00. The molecule has 1 rings (SSSR count). The van der Waals surface area contributed by atoms with Crippen LogP contribution < -0.4 is 0 Å². The predicted octanol–water partition coefficient (Wildman–Crippen LogP) is 4.00. The van der Waals surface area contributed by atoms with Crippen LogP contribution in [0.4, 0.5) is 0 Å². The van der Waals surface area contributed by atoms with Crippen molar-refractivity contribution in [2.24, 2.45) is 5.41 Å². The van der Waals surface area contributed by atoms with E-state index in [2.05, 4.69) is 48.5 Å². The first-order valence-electron chi connectivity index (χ1n) is 6.21. The third-order valence-electron chi connectivity index (χ3n) is 3.48. The highest BCUT2D eigenvalue weighted by atomic mass is 79.9. The summed E-state index contributed by atoms with van der Waals surface area (Å²) in [5.41, 5.74) is 0.925. The zero-order valence-electron chi connectivity index (χ0n) is 11.8. The van der Waals surface area contributed by atoms with Crippen LogP contribution in [0.5, 0.6) is 0 Å². The third-order valence-corrected chi connectivity index (χ3v) is 4.17. The minimum atomic E-state index is 0.154. The van der Waals surface area contributed by atoms with Gasteiger partial charge >= 0.3 is 0 Å². The standard InChI is InChI=1S/C15H22BrNO/c1-11(15(2,3)4)17(5)10-14(18)12-8-6-7-9-13(12)16/h6-9,11H,10H2,1-5H3. The summed E-state index contributed by atoms with van der Waals surface area (Å²) in [4.78, 5) is 14.3. The summed E-state index contributed by atoms with van der Waals surface area (Å²) in [5.74, 6) is 0.154. The Morgan fingerprint density at radius 3 is 2.39 bits per heavy atom. The summed E-state index contributed by atoms with van der Waals surface area (Å²) in [6, 6.07) is 7.93. The molecule has 18 heavy (non-hydrogen) atoms. The molecule has 3 heteroatoms. The highest BCUT2D eigenvalue weighted by Gasteiger charge is 2.25. The molecule has 2 nitrogen and oxygen atoms in total. The quantitative estimate of drug-likeness (QED) is 0.783. The number of carbonyl (C=O) groups is 1. The number of Topliss-reactive ketones (excluding diaryl/α,β-unsaturated/α-hetero) is 1. The van der Waals surface area contributed by atoms with Gasteiger partial charge in [0.2, 0.25) is 0 Å². The Labute approximate surface area is 119 Å². The molecule has 0 aromatic heterocycles. The summed E-state index contributed by atoms with van der Waals surface area (Å²) in [5, 5.41) is 0. The normalized spacial score (nSPS) is 13.7. The average molecular weight is 312 g/mol. The SMILES string of the molecule is CC(N(C)CC(=O)c1ccccc1Br)C(C)(C)C. The third kappa shape index (κ3) is 3.92. The van der Waals surface area contributed by atoms with Crippen LogP contribution in [0.1, 0.15) is 38.1 Å². The molecule has 0 N–H and O–H groups in total. The van der Waals surface area contributed by atoms with E-state index in [0.29, 0.717) is 12.6 Å². The van der Waals surface area contributed by atoms with Crippen molar-refractivity contribution in [3.63, 3.8) is 0 Å². The largest absolute Gasteiger partial charge is 0.296 e. The highest BCUT2D eigenvalue weighted by molar-refractivity contribution is 9.10. The van der Waals surface area contributed by atoms with Gasteiger partial charge in [0.15, 0.2) is 5.78 Å². The molecule has 0 aliphatic carbocycles. The second-order valence-electron chi connectivity index (χ2n) is 5.86. The second-order valence-corrected chi connectivity index (χ2v) is 6.71. The van der Waals surface area contributed by atoms with Gasteiger partial charge in [0.05, 0.1) is 6.54 Å². The van der Waals surface area contributed by atoms with E-state index in [1.807, 2.05) is 31.3 Å². The smallest absolute Gasteiger partial charge is 0.177 e. The lowest BCUT2D eigenvalue weighted by molar-refractivity contribution is 0.0853. The van der Waals surface area contributed by atoms with Gasteiger partial charge in [0.1, 0.15) is 0 Å². The van der Waals surface area contributed by atoms with Crippen molar-refractivity contribution in [1.82, 2.24) is 4.90 Å². The van der Waals surface area contributed by atoms with Crippen LogP contribution in [0.2, 0.25) is 0 Å². The van der Waals surface area contributed by atoms with Crippen LogP contribution in [0.15, 0.2) is 28.7 Å². The predicted molar refractivity (Wildman–Crippen MR) is 80.0 cm³/mol. The first-order valence-corrected chi connectivity index (χ1v) is 7.00. The van der Waals surface area contributed by atoms with Gasteiger partial charge in [-0.25, -0.2) is 0 Å². The Balaban J connectivity index is 2.75. The van der Waals surface area contributed by atoms with Crippen molar-refractivity contribution in [1.29, 1.82) is 0 Å². The summed E-state index contributed by atoms with van der Waals surface area (Å²) < 4.78 is 0.867. The van der Waals surface area contributed by atoms with Crippen molar-refractivity contribution < 1.29 is 4.79 Å². The van der Waals surface area contributed by atoms with Crippen molar-refractivity contribution in [3.8, 4) is 0 Å². The van der Waals surface area contributed by atoms with E-state index in [1.54, 1.807) is 0 Å². The molecule has 0 amide bonds. The lowest BCUT2D eigenvalue weighted by Crippen LogP contribution is -2.42. The summed E-state index contributed by atoms with van der Waals surface area (Å²) in [6.45, 7) is 9.18. The molecule has 1 aromatic rings. The fourth-order valence-corrected chi connectivity index (χ4v) is 2.30. The molecule has 100 valence electrons. The molecule has 0 heterocycles. The number of ketones is 1. The first-order chi connectivity index (χ1) is 8.23. The van der Waals surface area contributed by atoms with Crippen LogP contribution in [0.3, 0.4) is 0 Å². The molecule has 1 atom stereocenters. The molecule has 0 aliphatic heterocycles. The van der Waals surface area contributed by atoms with Gasteiger partial charge in [0.25, 0.3) is 0 Å². The van der Waals surface area contributed by atoms with E-state index in [0.717, 1.165) is 10.0 Å². The van der Waals surface area contributed by atoms with Crippen molar-refractivity contribution in [2.75, 3.05) is 13.6 Å². The Hall–Kier alpha value is -0.670. The number of nitrogens with zero attached hydrogens (tertiary/aromatic N) is 1. The van der Waals surface area contributed by atoms with E-state index < -0.39 is 0 Å². The van der Waals surface area contributed by atoms with Gasteiger partial charge < -0.3 is 0 Å². The van der Waals surface area contributed by atoms with E-state index in [1.165, 1.54) is 0 Å². The molecular formula is C15H22BrNO. The number of hydrogen-bond donors (Lipinski definition) is 0. The molecule has 0 radical (unpaired) electrons. The van der Waals surface area contributed by atoms with Crippen LogP contribution >= 0.6 is 15.9 Å². The Morgan fingerprint density at radius 1 is 1.33 bits per heavy atom. The molecule has 1 aromatic carbocycles. The molecule has 0 saturated carbocycles. The number of likely N-dealkylation sites (N-methyl/N-ethyl adjacent to an activating group) is 1. The van der Waals surface area contributed by atoms with Crippen molar-refractivity contribution >= 4 is 21.7 Å². The Kier molecular flexibility index (Phi) is 5.11. The fourth-order valence-electron chi connectivity index (χ4n) is 1.80. The first kappa shape index (κ1) is 15.4.